The van der Waals surface area contributed by atoms with Gasteiger partial charge in [-0.1, -0.05) is 0 Å². The Morgan fingerprint density at radius 1 is 1.17 bits per heavy atom. The van der Waals surface area contributed by atoms with E-state index in [1.807, 2.05) is 0 Å². The van der Waals surface area contributed by atoms with Gasteiger partial charge >= 0.3 is 6.18 Å². The summed E-state index contributed by atoms with van der Waals surface area (Å²) < 4.78 is 41.1. The van der Waals surface area contributed by atoms with Crippen LogP contribution in [-0.2, 0) is 9.53 Å². The number of amides is 1. The molecule has 0 aromatic carbocycles. The summed E-state index contributed by atoms with van der Waals surface area (Å²) in [5.74, 6) is 1.17. The average Bonchev–Trinajstić information content (AvgIpc) is 2.84. The molecule has 1 saturated heterocycles. The monoisotopic (exact) mass is 347 g/mol. The van der Waals surface area contributed by atoms with E-state index in [1.165, 1.54) is 0 Å². The number of alkyl halides is 3. The zero-order valence-corrected chi connectivity index (χ0v) is 13.6. The van der Waals surface area contributed by atoms with Crippen molar-refractivity contribution in [3.8, 4) is 0 Å². The molecule has 1 saturated carbocycles. The van der Waals surface area contributed by atoms with Crippen molar-refractivity contribution in [3.05, 3.63) is 0 Å². The number of hydrogen-bond donors (Lipinski definition) is 2. The zero-order valence-electron chi connectivity index (χ0n) is 13.6. The standard InChI is InChI=1S/C16H24F3N3O2/c17-16(18,19)10-24-9-11-1-3-12(4-2-11)13-21-14(23)15(22-13)5-7-20-8-6-15/h11-12,20H,1-10H2,(H,21,22,23). The van der Waals surface area contributed by atoms with E-state index in [-0.39, 0.29) is 24.3 Å². The van der Waals surface area contributed by atoms with E-state index in [0.717, 1.165) is 57.5 Å². The normalized spacial score (nSPS) is 30.3. The SMILES string of the molecule is O=C1NC(C2CCC(COCC(F)(F)F)CC2)=NC12CCNCC2. The lowest BCUT2D eigenvalue weighted by Crippen LogP contribution is -2.47. The maximum absolute atomic E-state index is 12.3. The van der Waals surface area contributed by atoms with Crippen LogP contribution in [0.4, 0.5) is 13.2 Å². The van der Waals surface area contributed by atoms with Gasteiger partial charge in [-0.15, -0.1) is 0 Å². The number of rotatable bonds is 4. The fraction of sp³-hybridized carbons (Fsp3) is 0.875. The Kier molecular flexibility index (Phi) is 5.15. The lowest BCUT2D eigenvalue weighted by molar-refractivity contribution is -0.177. The van der Waals surface area contributed by atoms with E-state index in [0.29, 0.717) is 0 Å². The number of carbonyl (C=O) groups is 1. The molecule has 1 aliphatic carbocycles. The van der Waals surface area contributed by atoms with Crippen LogP contribution in [0.1, 0.15) is 38.5 Å². The lowest BCUT2D eigenvalue weighted by Gasteiger charge is -2.29. The Labute approximate surface area is 139 Å². The highest BCUT2D eigenvalue weighted by Gasteiger charge is 2.45. The lowest BCUT2D eigenvalue weighted by atomic mass is 9.82. The third-order valence-electron chi connectivity index (χ3n) is 5.28. The van der Waals surface area contributed by atoms with Crippen LogP contribution < -0.4 is 10.6 Å². The van der Waals surface area contributed by atoms with Crippen LogP contribution in [0, 0.1) is 11.8 Å². The van der Waals surface area contributed by atoms with Gasteiger partial charge in [-0.25, -0.2) is 0 Å². The van der Waals surface area contributed by atoms with Gasteiger partial charge < -0.3 is 15.4 Å². The third-order valence-corrected chi connectivity index (χ3v) is 5.28. The highest BCUT2D eigenvalue weighted by atomic mass is 19.4. The molecule has 1 spiro atoms. The molecular formula is C16H24F3N3O2. The smallest absolute Gasteiger partial charge is 0.372 e. The molecule has 0 atom stereocenters. The maximum atomic E-state index is 12.3. The summed E-state index contributed by atoms with van der Waals surface area (Å²) in [4.78, 5) is 17.1. The molecule has 24 heavy (non-hydrogen) atoms. The Balaban J connectivity index is 1.48. The number of halogens is 3. The van der Waals surface area contributed by atoms with Gasteiger partial charge in [0.05, 0.1) is 0 Å². The Morgan fingerprint density at radius 3 is 2.46 bits per heavy atom. The van der Waals surface area contributed by atoms with Crippen molar-refractivity contribution in [2.45, 2.75) is 50.2 Å². The van der Waals surface area contributed by atoms with E-state index in [9.17, 15) is 18.0 Å². The number of nitrogens with one attached hydrogen (secondary N) is 2. The van der Waals surface area contributed by atoms with Gasteiger partial charge in [0, 0.05) is 12.5 Å². The average molecular weight is 347 g/mol. The fourth-order valence-corrected chi connectivity index (χ4v) is 3.86. The number of hydrogen-bond acceptors (Lipinski definition) is 4. The topological polar surface area (TPSA) is 62.7 Å². The highest BCUT2D eigenvalue weighted by Crippen LogP contribution is 2.34. The molecule has 2 N–H and O–H groups in total. The van der Waals surface area contributed by atoms with Crippen molar-refractivity contribution in [1.82, 2.24) is 10.6 Å². The van der Waals surface area contributed by atoms with Crippen molar-refractivity contribution in [2.24, 2.45) is 16.8 Å². The molecular weight excluding hydrogens is 323 g/mol. The number of aliphatic imine (C=N–C) groups is 1. The summed E-state index contributed by atoms with van der Waals surface area (Å²) >= 11 is 0. The summed E-state index contributed by atoms with van der Waals surface area (Å²) in [5, 5.41) is 6.21. The van der Waals surface area contributed by atoms with Gasteiger partial charge in [0.2, 0.25) is 0 Å². The number of ether oxygens (including phenoxy) is 1. The van der Waals surface area contributed by atoms with E-state index in [1.54, 1.807) is 0 Å². The Bertz CT molecular complexity index is 493. The van der Waals surface area contributed by atoms with Crippen molar-refractivity contribution < 1.29 is 22.7 Å². The molecule has 2 aliphatic heterocycles. The Hall–Kier alpha value is -1.15. The minimum Gasteiger partial charge on any atom is -0.372 e. The van der Waals surface area contributed by atoms with Gasteiger partial charge in [-0.05, 0) is 57.5 Å². The molecule has 1 amide bonds. The van der Waals surface area contributed by atoms with E-state index in [4.69, 9.17) is 9.73 Å². The molecule has 5 nitrogen and oxygen atoms in total. The molecule has 0 radical (unpaired) electrons. The second kappa shape index (κ2) is 7.00. The number of amidine groups is 1. The number of nitrogens with zero attached hydrogens (tertiary/aromatic N) is 1. The maximum Gasteiger partial charge on any atom is 0.411 e. The quantitative estimate of drug-likeness (QED) is 0.818. The largest absolute Gasteiger partial charge is 0.411 e. The second-order valence-electron chi connectivity index (χ2n) is 7.08. The highest BCUT2D eigenvalue weighted by molar-refractivity contribution is 6.09. The Morgan fingerprint density at radius 2 is 1.83 bits per heavy atom. The molecule has 0 aromatic rings. The third kappa shape index (κ3) is 4.08. The first-order valence-corrected chi connectivity index (χ1v) is 8.64. The molecule has 0 bridgehead atoms. The van der Waals surface area contributed by atoms with Crippen molar-refractivity contribution in [3.63, 3.8) is 0 Å². The molecule has 2 fully saturated rings. The van der Waals surface area contributed by atoms with Gasteiger partial charge in [0.1, 0.15) is 18.0 Å². The minimum atomic E-state index is -4.26. The fourth-order valence-electron chi connectivity index (χ4n) is 3.86. The van der Waals surface area contributed by atoms with Crippen LogP contribution in [0.2, 0.25) is 0 Å². The molecule has 2 heterocycles. The minimum absolute atomic E-state index is 0.00892. The van der Waals surface area contributed by atoms with Crippen molar-refractivity contribution in [2.75, 3.05) is 26.3 Å². The van der Waals surface area contributed by atoms with Crippen LogP contribution in [0.15, 0.2) is 4.99 Å². The van der Waals surface area contributed by atoms with Crippen LogP contribution in [-0.4, -0.2) is 49.8 Å². The first-order valence-electron chi connectivity index (χ1n) is 8.64. The van der Waals surface area contributed by atoms with E-state index >= 15 is 0 Å². The van der Waals surface area contributed by atoms with Gasteiger partial charge in [0.25, 0.3) is 5.91 Å². The predicted octanol–water partition coefficient (Wildman–Crippen LogP) is 2.02. The predicted molar refractivity (Wildman–Crippen MR) is 82.7 cm³/mol. The van der Waals surface area contributed by atoms with E-state index in [2.05, 4.69) is 10.6 Å². The van der Waals surface area contributed by atoms with Gasteiger partial charge in [0.15, 0.2) is 0 Å². The molecule has 0 aromatic heterocycles. The molecule has 136 valence electrons. The zero-order chi connectivity index (χ0) is 17.2. The van der Waals surface area contributed by atoms with E-state index < -0.39 is 18.3 Å². The first kappa shape index (κ1) is 17.7. The summed E-state index contributed by atoms with van der Waals surface area (Å²) in [5.41, 5.74) is -0.590. The molecule has 3 rings (SSSR count). The van der Waals surface area contributed by atoms with Gasteiger partial charge in [-0.3, -0.25) is 9.79 Å². The number of carbonyl (C=O) groups excluding carboxylic acids is 1. The summed E-state index contributed by atoms with van der Waals surface area (Å²) in [6.07, 6.45) is 0.494. The molecule has 3 aliphatic rings. The molecule has 8 heteroatoms. The van der Waals surface area contributed by atoms with Crippen LogP contribution in [0.5, 0.6) is 0 Å². The van der Waals surface area contributed by atoms with Gasteiger partial charge in [-0.2, -0.15) is 13.2 Å². The van der Waals surface area contributed by atoms with Crippen LogP contribution in [0.25, 0.3) is 0 Å². The first-order chi connectivity index (χ1) is 11.4. The molecule has 0 unspecified atom stereocenters. The summed E-state index contributed by atoms with van der Waals surface area (Å²) in [7, 11) is 0. The van der Waals surface area contributed by atoms with Crippen LogP contribution >= 0.6 is 0 Å². The number of piperidine rings is 1. The van der Waals surface area contributed by atoms with Crippen LogP contribution in [0.3, 0.4) is 0 Å². The second-order valence-corrected chi connectivity index (χ2v) is 7.08. The van der Waals surface area contributed by atoms with Crippen molar-refractivity contribution in [1.29, 1.82) is 0 Å². The van der Waals surface area contributed by atoms with Crippen molar-refractivity contribution >= 4 is 11.7 Å². The summed E-state index contributed by atoms with van der Waals surface area (Å²) in [6, 6.07) is 0. The summed E-state index contributed by atoms with van der Waals surface area (Å²) in [6.45, 7) is 0.577.